The number of rotatable bonds is 6. The number of carbonyl (C=O) groups excluding carboxylic acids is 3. The van der Waals surface area contributed by atoms with Crippen molar-refractivity contribution in [2.45, 2.75) is 39.4 Å². The van der Waals surface area contributed by atoms with Gasteiger partial charge in [-0.25, -0.2) is 4.79 Å². The second kappa shape index (κ2) is 8.70. The lowest BCUT2D eigenvalue weighted by atomic mass is 9.84. The lowest BCUT2D eigenvalue weighted by Crippen LogP contribution is -2.48. The van der Waals surface area contributed by atoms with E-state index in [9.17, 15) is 14.4 Å². The monoisotopic (exact) mass is 376 g/mol. The van der Waals surface area contributed by atoms with Crippen LogP contribution < -0.4 is 0 Å². The van der Waals surface area contributed by atoms with Gasteiger partial charge in [0.05, 0.1) is 6.61 Å². The maximum Gasteiger partial charge on any atom is 0.508 e. The quantitative estimate of drug-likeness (QED) is 0.428. The fourth-order valence-electron chi connectivity index (χ4n) is 2.79. The zero-order valence-corrected chi connectivity index (χ0v) is 15.9. The van der Waals surface area contributed by atoms with Crippen molar-refractivity contribution in [1.29, 1.82) is 0 Å². The van der Waals surface area contributed by atoms with Crippen molar-refractivity contribution in [3.8, 4) is 0 Å². The number of carbonyl (C=O) groups is 3. The Balaban J connectivity index is 2.24. The van der Waals surface area contributed by atoms with Crippen LogP contribution in [-0.4, -0.2) is 37.1 Å². The van der Waals surface area contributed by atoms with E-state index < -0.39 is 35.7 Å². The van der Waals surface area contributed by atoms with Gasteiger partial charge in [0, 0.05) is 19.8 Å². The third-order valence-electron chi connectivity index (χ3n) is 3.89. The first-order chi connectivity index (χ1) is 12.7. The average Bonchev–Trinajstić information content (AvgIpc) is 2.55. The predicted molar refractivity (Wildman–Crippen MR) is 95.8 cm³/mol. The van der Waals surface area contributed by atoms with Gasteiger partial charge in [0.25, 0.3) is 5.79 Å². The lowest BCUT2D eigenvalue weighted by Gasteiger charge is -2.35. The molecule has 7 nitrogen and oxygen atoms in total. The number of esters is 2. The largest absolute Gasteiger partial charge is 0.508 e. The maximum absolute atomic E-state index is 12.5. The van der Waals surface area contributed by atoms with Crippen LogP contribution in [-0.2, 0) is 28.5 Å². The highest BCUT2D eigenvalue weighted by atomic mass is 16.7. The molecule has 1 saturated heterocycles. The van der Waals surface area contributed by atoms with E-state index >= 15 is 0 Å². The average molecular weight is 376 g/mol. The van der Waals surface area contributed by atoms with Crippen LogP contribution in [0.3, 0.4) is 0 Å². The fourth-order valence-corrected chi connectivity index (χ4v) is 2.79. The number of allylic oxidation sites excluding steroid dienone is 1. The Kier molecular flexibility index (Phi) is 6.60. The smallest absolute Gasteiger partial charge is 0.435 e. The van der Waals surface area contributed by atoms with Crippen LogP contribution >= 0.6 is 0 Å². The Bertz CT molecular complexity index is 716. The van der Waals surface area contributed by atoms with E-state index in [2.05, 4.69) is 4.74 Å². The van der Waals surface area contributed by atoms with Gasteiger partial charge >= 0.3 is 18.1 Å². The fraction of sp³-hybridized carbons (Fsp3) is 0.450. The molecule has 0 spiro atoms. The number of benzene rings is 1. The van der Waals surface area contributed by atoms with Gasteiger partial charge in [0.1, 0.15) is 6.61 Å². The molecule has 0 aromatic heterocycles. The minimum Gasteiger partial charge on any atom is -0.435 e. The van der Waals surface area contributed by atoms with Crippen molar-refractivity contribution >= 4 is 18.1 Å². The van der Waals surface area contributed by atoms with Crippen molar-refractivity contribution in [2.24, 2.45) is 5.92 Å². The summed E-state index contributed by atoms with van der Waals surface area (Å²) >= 11 is 0. The number of ether oxygens (including phenoxy) is 4. The summed E-state index contributed by atoms with van der Waals surface area (Å²) in [4.78, 5) is 36.2. The molecule has 0 aliphatic carbocycles. The van der Waals surface area contributed by atoms with Gasteiger partial charge < -0.3 is 18.9 Å². The molecule has 1 fully saturated rings. The molecule has 0 unspecified atom stereocenters. The van der Waals surface area contributed by atoms with Crippen molar-refractivity contribution in [2.75, 3.05) is 13.2 Å². The summed E-state index contributed by atoms with van der Waals surface area (Å²) in [5, 5.41) is 0. The highest BCUT2D eigenvalue weighted by Gasteiger charge is 2.46. The summed E-state index contributed by atoms with van der Waals surface area (Å²) in [6, 6.07) is 7.44. The molecule has 1 atom stereocenters. The van der Waals surface area contributed by atoms with E-state index in [0.29, 0.717) is 0 Å². The van der Waals surface area contributed by atoms with Gasteiger partial charge in [0.2, 0.25) is 0 Å². The summed E-state index contributed by atoms with van der Waals surface area (Å²) in [6.07, 6.45) is 2.41. The molecule has 146 valence electrons. The third kappa shape index (κ3) is 5.57. The molecule has 1 aromatic rings. The van der Waals surface area contributed by atoms with Gasteiger partial charge in [-0.3, -0.25) is 9.59 Å². The SMILES string of the molecule is CCOC(=O)OC/C=C/[C@@H](c1cccc(C)c1)C1C(=O)OC(C)(C)OC1=O. The molecule has 1 heterocycles. The summed E-state index contributed by atoms with van der Waals surface area (Å²) in [5.41, 5.74) is 1.73. The maximum atomic E-state index is 12.5. The summed E-state index contributed by atoms with van der Waals surface area (Å²) < 4.78 is 20.1. The molecule has 0 amide bonds. The molecule has 0 bridgehead atoms. The van der Waals surface area contributed by atoms with Crippen molar-refractivity contribution in [3.05, 3.63) is 47.5 Å². The molecule has 0 radical (unpaired) electrons. The highest BCUT2D eigenvalue weighted by molar-refractivity contribution is 5.98. The molecule has 1 aliphatic heterocycles. The Hall–Kier alpha value is -2.83. The summed E-state index contributed by atoms with van der Waals surface area (Å²) in [7, 11) is 0. The number of aryl methyl sites for hydroxylation is 1. The molecule has 0 saturated carbocycles. The third-order valence-corrected chi connectivity index (χ3v) is 3.89. The topological polar surface area (TPSA) is 88.1 Å². The van der Waals surface area contributed by atoms with E-state index in [1.807, 2.05) is 31.2 Å². The second-order valence-electron chi connectivity index (χ2n) is 6.58. The Morgan fingerprint density at radius 1 is 1.22 bits per heavy atom. The molecule has 7 heteroatoms. The Morgan fingerprint density at radius 3 is 2.48 bits per heavy atom. The van der Waals surface area contributed by atoms with Gasteiger partial charge in [-0.2, -0.15) is 0 Å². The first kappa shape index (κ1) is 20.5. The number of cyclic esters (lactones) is 2. The van der Waals surface area contributed by atoms with Crippen molar-refractivity contribution < 1.29 is 33.3 Å². The molecular weight excluding hydrogens is 352 g/mol. The molecular formula is C20H24O7. The van der Waals surface area contributed by atoms with Crippen LogP contribution in [0.15, 0.2) is 36.4 Å². The van der Waals surface area contributed by atoms with Crippen molar-refractivity contribution in [3.63, 3.8) is 0 Å². The highest BCUT2D eigenvalue weighted by Crippen LogP contribution is 2.34. The van der Waals surface area contributed by atoms with E-state index in [4.69, 9.17) is 14.2 Å². The van der Waals surface area contributed by atoms with Crippen molar-refractivity contribution in [1.82, 2.24) is 0 Å². The minimum absolute atomic E-state index is 0.0521. The molecule has 2 rings (SSSR count). The van der Waals surface area contributed by atoms with Crippen LogP contribution in [0.5, 0.6) is 0 Å². The Labute approximate surface area is 158 Å². The Morgan fingerprint density at radius 2 is 1.89 bits per heavy atom. The summed E-state index contributed by atoms with van der Waals surface area (Å²) in [5.74, 6) is -4.36. The van der Waals surface area contributed by atoms with Crippen LogP contribution in [0.25, 0.3) is 0 Å². The van der Waals surface area contributed by atoms with Crippen LogP contribution in [0.2, 0.25) is 0 Å². The molecule has 1 aromatic carbocycles. The minimum atomic E-state index is -1.29. The zero-order chi connectivity index (χ0) is 20.0. The van der Waals surface area contributed by atoms with Gasteiger partial charge in [-0.05, 0) is 19.4 Å². The standard InChI is InChI=1S/C20H24O7/c1-5-24-19(23)25-11-7-10-15(14-9-6-8-13(2)12-14)16-17(21)26-20(3,4)27-18(16)22/h6-10,12,15-16H,5,11H2,1-4H3/b10-7+/t15-/m0/s1. The van der Waals surface area contributed by atoms with Gasteiger partial charge in [-0.15, -0.1) is 0 Å². The van der Waals surface area contributed by atoms with E-state index in [-0.39, 0.29) is 13.2 Å². The van der Waals surface area contributed by atoms with E-state index in [0.717, 1.165) is 11.1 Å². The summed E-state index contributed by atoms with van der Waals surface area (Å²) in [6.45, 7) is 6.75. The van der Waals surface area contributed by atoms with Crippen LogP contribution in [0, 0.1) is 12.8 Å². The first-order valence-corrected chi connectivity index (χ1v) is 8.72. The van der Waals surface area contributed by atoms with E-state index in [1.165, 1.54) is 13.8 Å². The second-order valence-corrected chi connectivity index (χ2v) is 6.58. The van der Waals surface area contributed by atoms with Crippen LogP contribution in [0.4, 0.5) is 4.79 Å². The molecule has 0 N–H and O–H groups in total. The van der Waals surface area contributed by atoms with E-state index in [1.54, 1.807) is 19.1 Å². The number of hydrogen-bond donors (Lipinski definition) is 0. The number of hydrogen-bond acceptors (Lipinski definition) is 7. The lowest BCUT2D eigenvalue weighted by molar-refractivity contribution is -0.240. The van der Waals surface area contributed by atoms with Gasteiger partial charge in [0.15, 0.2) is 5.92 Å². The predicted octanol–water partition coefficient (Wildman–Crippen LogP) is 3.26. The zero-order valence-electron chi connectivity index (χ0n) is 15.9. The van der Waals surface area contributed by atoms with Gasteiger partial charge in [-0.1, -0.05) is 42.0 Å². The molecule has 1 aliphatic rings. The normalized spacial score (nSPS) is 17.9. The van der Waals surface area contributed by atoms with Crippen LogP contribution in [0.1, 0.15) is 37.8 Å². The first-order valence-electron chi connectivity index (χ1n) is 8.72. The molecule has 27 heavy (non-hydrogen) atoms.